The Morgan fingerprint density at radius 3 is 2.80 bits per heavy atom. The summed E-state index contributed by atoms with van der Waals surface area (Å²) in [5.41, 5.74) is 1.05. The van der Waals surface area contributed by atoms with Gasteiger partial charge >= 0.3 is 0 Å². The van der Waals surface area contributed by atoms with Crippen molar-refractivity contribution in [1.29, 1.82) is 0 Å². The largest absolute Gasteiger partial charge is 0.344 e. The number of carbonyl (C=O) groups is 1. The van der Waals surface area contributed by atoms with Gasteiger partial charge in [0.2, 0.25) is 0 Å². The van der Waals surface area contributed by atoms with Crippen molar-refractivity contribution in [3.63, 3.8) is 0 Å². The lowest BCUT2D eigenvalue weighted by atomic mass is 9.94. The first kappa shape index (κ1) is 17.1. The average Bonchev–Trinajstić information content (AvgIpc) is 3.15. The average molecular weight is 473 g/mol. The number of ether oxygens (including phenoxy) is 2. The number of imidazole rings is 1. The first-order valence-corrected chi connectivity index (χ1v) is 9.14. The number of carbonyl (C=O) groups excluding carboxylic acids is 1. The van der Waals surface area contributed by atoms with Crippen LogP contribution in [-0.4, -0.2) is 43.8 Å². The normalized spacial score (nSPS) is 33.3. The number of fused-ring (bicyclic) bond motifs is 2. The molecule has 0 aromatic carbocycles. The Hall–Kier alpha value is -1.28. The predicted octanol–water partition coefficient (Wildman–Crippen LogP) is 2.22. The van der Waals surface area contributed by atoms with Crippen LogP contribution in [0, 0.1) is 28.0 Å². The van der Waals surface area contributed by atoms with Crippen LogP contribution in [-0.2, 0) is 14.3 Å². The number of rotatable bonds is 2. The number of aromatic nitrogens is 4. The van der Waals surface area contributed by atoms with Gasteiger partial charge in [-0.15, -0.1) is 12.3 Å². The minimum absolute atomic E-state index is 0.274. The third-order valence-electron chi connectivity index (χ3n) is 4.68. The number of nitrogens with zero attached hydrogens (tertiary/aromatic N) is 4. The Balaban J connectivity index is 1.88. The number of terminal acetylenes is 1. The van der Waals surface area contributed by atoms with Gasteiger partial charge in [-0.3, -0.25) is 0 Å². The molecule has 7 nitrogen and oxygen atoms in total. The quantitative estimate of drug-likeness (QED) is 0.219. The lowest BCUT2D eigenvalue weighted by molar-refractivity contribution is -0.163. The Morgan fingerprint density at radius 1 is 1.40 bits per heavy atom. The van der Waals surface area contributed by atoms with Gasteiger partial charge in [0.25, 0.3) is 0 Å². The third-order valence-corrected chi connectivity index (χ3v) is 5.43. The molecule has 4 rings (SSSR count). The first-order chi connectivity index (χ1) is 11.9. The molecule has 0 spiro atoms. The molecule has 0 unspecified atom stereocenters. The van der Waals surface area contributed by atoms with Crippen LogP contribution in [0.4, 0.5) is 0 Å². The molecular weight excluding hydrogens is 459 g/mol. The SMILES string of the molecule is C#C[C@H]1[C@H](C=O)[C@H]2OC(C)(C)O[C@H]2[C@@H]1n1cnc2c(Cl)nc(I)nc21. The second-order valence-corrected chi connectivity index (χ2v) is 7.89. The van der Waals surface area contributed by atoms with E-state index in [4.69, 9.17) is 27.5 Å². The standard InChI is InChI=1S/C16H14ClIN4O3/c1-4-7-8(5-23)11-12(25-16(2,3)24-11)10(7)22-6-19-9-13(17)20-15(18)21-14(9)22/h1,5-8,10-12H,2-3H3/t7-,8-,10+,11+,12-/m0/s1. The highest BCUT2D eigenvalue weighted by Gasteiger charge is 2.59. The fourth-order valence-electron chi connectivity index (χ4n) is 3.79. The maximum absolute atomic E-state index is 11.7. The molecule has 2 aromatic rings. The van der Waals surface area contributed by atoms with Crippen molar-refractivity contribution in [1.82, 2.24) is 19.5 Å². The van der Waals surface area contributed by atoms with Crippen LogP contribution in [0.2, 0.25) is 5.15 Å². The van der Waals surface area contributed by atoms with Crippen molar-refractivity contribution in [3.8, 4) is 12.3 Å². The first-order valence-electron chi connectivity index (χ1n) is 7.69. The number of aldehydes is 1. The van der Waals surface area contributed by atoms with Gasteiger partial charge < -0.3 is 18.8 Å². The maximum atomic E-state index is 11.7. The van der Waals surface area contributed by atoms with Crippen LogP contribution in [0.25, 0.3) is 11.2 Å². The lowest BCUT2D eigenvalue weighted by Crippen LogP contribution is -2.30. The summed E-state index contributed by atoms with van der Waals surface area (Å²) in [5.74, 6) is 1.09. The Bertz CT molecular complexity index is 909. The van der Waals surface area contributed by atoms with E-state index in [1.807, 2.05) is 41.0 Å². The van der Waals surface area contributed by atoms with E-state index in [-0.39, 0.29) is 17.3 Å². The predicted molar refractivity (Wildman–Crippen MR) is 97.8 cm³/mol. The molecule has 25 heavy (non-hydrogen) atoms. The molecule has 9 heteroatoms. The van der Waals surface area contributed by atoms with E-state index >= 15 is 0 Å². The van der Waals surface area contributed by atoms with Crippen LogP contribution < -0.4 is 0 Å². The van der Waals surface area contributed by atoms with E-state index in [1.54, 1.807) is 6.33 Å². The van der Waals surface area contributed by atoms with Crippen LogP contribution >= 0.6 is 34.2 Å². The summed E-state index contributed by atoms with van der Waals surface area (Å²) in [6.45, 7) is 3.65. The van der Waals surface area contributed by atoms with E-state index in [9.17, 15) is 4.79 Å². The Morgan fingerprint density at radius 2 is 2.12 bits per heavy atom. The van der Waals surface area contributed by atoms with Crippen LogP contribution in [0.3, 0.4) is 0 Å². The number of halogens is 2. The molecule has 1 aliphatic heterocycles. The molecule has 3 heterocycles. The monoisotopic (exact) mass is 472 g/mol. The van der Waals surface area contributed by atoms with Crippen LogP contribution in [0.5, 0.6) is 0 Å². The number of hydrogen-bond acceptors (Lipinski definition) is 6. The Kier molecular flexibility index (Phi) is 4.03. The van der Waals surface area contributed by atoms with Crippen LogP contribution in [0.15, 0.2) is 6.33 Å². The highest BCUT2D eigenvalue weighted by atomic mass is 127. The van der Waals surface area contributed by atoms with Crippen LogP contribution in [0.1, 0.15) is 19.9 Å². The summed E-state index contributed by atoms with van der Waals surface area (Å²) in [6, 6.07) is -0.334. The van der Waals surface area contributed by atoms with Crippen molar-refractivity contribution in [3.05, 3.63) is 15.3 Å². The lowest BCUT2D eigenvalue weighted by Gasteiger charge is -2.26. The highest BCUT2D eigenvalue weighted by Crippen LogP contribution is 2.50. The third kappa shape index (κ3) is 2.56. The van der Waals surface area contributed by atoms with Gasteiger partial charge in [-0.05, 0) is 13.8 Å². The van der Waals surface area contributed by atoms with Crippen molar-refractivity contribution in [2.75, 3.05) is 0 Å². The molecule has 130 valence electrons. The summed E-state index contributed by atoms with van der Waals surface area (Å²) < 4.78 is 14.4. The van der Waals surface area contributed by atoms with Crippen molar-refractivity contribution < 1.29 is 14.3 Å². The molecule has 0 N–H and O–H groups in total. The van der Waals surface area contributed by atoms with Gasteiger partial charge in [0.05, 0.1) is 30.3 Å². The van der Waals surface area contributed by atoms with E-state index in [2.05, 4.69) is 20.9 Å². The molecule has 1 aliphatic carbocycles. The zero-order valence-electron chi connectivity index (χ0n) is 13.4. The van der Waals surface area contributed by atoms with Gasteiger partial charge in [0.1, 0.15) is 17.9 Å². The van der Waals surface area contributed by atoms with E-state index in [1.165, 1.54) is 0 Å². The van der Waals surface area contributed by atoms with Gasteiger partial charge in [0.15, 0.2) is 20.4 Å². The molecular formula is C16H14ClIN4O3. The van der Waals surface area contributed by atoms with Gasteiger partial charge in [0, 0.05) is 22.6 Å². The zero-order chi connectivity index (χ0) is 17.9. The molecule has 5 atom stereocenters. The second kappa shape index (κ2) is 5.87. The highest BCUT2D eigenvalue weighted by molar-refractivity contribution is 14.1. The molecule has 0 amide bonds. The second-order valence-electron chi connectivity index (χ2n) is 6.57. The van der Waals surface area contributed by atoms with Crippen molar-refractivity contribution >= 4 is 51.6 Å². The fraction of sp³-hybridized carbons (Fsp3) is 0.500. The van der Waals surface area contributed by atoms with E-state index in [0.29, 0.717) is 15.0 Å². The minimum Gasteiger partial charge on any atom is -0.344 e. The van der Waals surface area contributed by atoms with E-state index < -0.39 is 23.7 Å². The Labute approximate surface area is 162 Å². The minimum atomic E-state index is -0.786. The summed E-state index contributed by atoms with van der Waals surface area (Å²) in [7, 11) is 0. The number of hydrogen-bond donors (Lipinski definition) is 0. The van der Waals surface area contributed by atoms with Gasteiger partial charge in [-0.1, -0.05) is 11.6 Å². The van der Waals surface area contributed by atoms with Crippen molar-refractivity contribution in [2.24, 2.45) is 11.8 Å². The van der Waals surface area contributed by atoms with Gasteiger partial charge in [-0.2, -0.15) is 0 Å². The smallest absolute Gasteiger partial charge is 0.194 e. The summed E-state index contributed by atoms with van der Waals surface area (Å²) in [5, 5.41) is 0.274. The van der Waals surface area contributed by atoms with Crippen molar-refractivity contribution in [2.45, 2.75) is 37.9 Å². The molecule has 2 aliphatic rings. The summed E-state index contributed by atoms with van der Waals surface area (Å²) in [4.78, 5) is 24.6. The maximum Gasteiger partial charge on any atom is 0.194 e. The van der Waals surface area contributed by atoms with E-state index in [0.717, 1.165) is 6.29 Å². The molecule has 2 fully saturated rings. The van der Waals surface area contributed by atoms with Gasteiger partial charge in [-0.25, -0.2) is 15.0 Å². The molecule has 0 radical (unpaired) electrons. The fourth-order valence-corrected chi connectivity index (χ4v) is 4.62. The molecule has 2 aromatic heterocycles. The molecule has 0 bridgehead atoms. The molecule has 1 saturated heterocycles. The molecule has 1 saturated carbocycles. The topological polar surface area (TPSA) is 79.1 Å². The summed E-state index contributed by atoms with van der Waals surface area (Å²) >= 11 is 8.17. The summed E-state index contributed by atoms with van der Waals surface area (Å²) in [6.07, 6.45) is 7.45. The zero-order valence-corrected chi connectivity index (χ0v) is 16.3.